The summed E-state index contributed by atoms with van der Waals surface area (Å²) in [6.07, 6.45) is 4.80. The Labute approximate surface area is 118 Å². The molecule has 2 aromatic rings. The van der Waals surface area contributed by atoms with Crippen LogP contribution in [0.3, 0.4) is 0 Å². The number of ether oxygens (including phenoxy) is 1. The highest BCUT2D eigenvalue weighted by Gasteiger charge is 2.24. The van der Waals surface area contributed by atoms with Crippen LogP contribution in [-0.4, -0.2) is 12.3 Å². The number of aromatic nitrogens is 1. The summed E-state index contributed by atoms with van der Waals surface area (Å²) in [7, 11) is 1.68. The second kappa shape index (κ2) is 5.19. The fourth-order valence-corrected chi connectivity index (χ4v) is 2.72. The van der Waals surface area contributed by atoms with Gasteiger partial charge < -0.3 is 15.0 Å². The van der Waals surface area contributed by atoms with E-state index in [0.717, 1.165) is 34.6 Å². The van der Waals surface area contributed by atoms with Gasteiger partial charge in [-0.15, -0.1) is 0 Å². The Morgan fingerprint density at radius 3 is 2.85 bits per heavy atom. The number of rotatable bonds is 4. The monoisotopic (exact) mass is 272 g/mol. The molecule has 0 saturated heterocycles. The van der Waals surface area contributed by atoms with Gasteiger partial charge in [0.15, 0.2) is 5.82 Å². The number of nitrogens with two attached hydrogens (primary N) is 1. The maximum absolute atomic E-state index is 5.99. The first-order chi connectivity index (χ1) is 9.69. The van der Waals surface area contributed by atoms with Crippen LogP contribution in [0.1, 0.15) is 30.6 Å². The zero-order chi connectivity index (χ0) is 14.1. The van der Waals surface area contributed by atoms with Gasteiger partial charge in [-0.1, -0.05) is 36.6 Å². The second-order valence-corrected chi connectivity index (χ2v) is 5.55. The topological polar surface area (TPSA) is 61.3 Å². The molecule has 0 amide bonds. The minimum atomic E-state index is 0.463. The summed E-state index contributed by atoms with van der Waals surface area (Å²) < 4.78 is 10.8. The number of hydrogen-bond donors (Lipinski definition) is 1. The average molecular weight is 272 g/mol. The Balaban J connectivity index is 1.97. The highest BCUT2D eigenvalue weighted by Crippen LogP contribution is 2.37. The predicted octanol–water partition coefficient (Wildman–Crippen LogP) is 3.58. The lowest BCUT2D eigenvalue weighted by atomic mass is 9.81. The van der Waals surface area contributed by atoms with E-state index in [2.05, 4.69) is 5.16 Å². The van der Waals surface area contributed by atoms with Crippen LogP contribution in [0.2, 0.25) is 0 Å². The van der Waals surface area contributed by atoms with Crippen molar-refractivity contribution < 1.29 is 9.26 Å². The Bertz CT molecular complexity index is 615. The van der Waals surface area contributed by atoms with Gasteiger partial charge in [-0.3, -0.25) is 0 Å². The highest BCUT2D eigenvalue weighted by atomic mass is 16.5. The predicted molar refractivity (Wildman–Crippen MR) is 78.7 cm³/mol. The van der Waals surface area contributed by atoms with Gasteiger partial charge in [0.1, 0.15) is 11.5 Å². The standard InChI is InChI=1S/C16H20N2O2/c1-10-6-7-12(9-13(10)19-2)15-14(20-18-16(15)17)8-11-4-3-5-11/h6-7,9,11H,3-5,8H2,1-2H3,(H2,17,18). The molecule has 1 heterocycles. The lowest BCUT2D eigenvalue weighted by Crippen LogP contribution is -2.13. The quantitative estimate of drug-likeness (QED) is 0.924. The normalized spacial score (nSPS) is 15.1. The summed E-state index contributed by atoms with van der Waals surface area (Å²) in [6.45, 7) is 2.02. The SMILES string of the molecule is COc1cc(-c2c(N)noc2CC2CCC2)ccc1C. The van der Waals surface area contributed by atoms with Crippen molar-refractivity contribution in [3.8, 4) is 16.9 Å². The van der Waals surface area contributed by atoms with Crippen molar-refractivity contribution >= 4 is 5.82 Å². The van der Waals surface area contributed by atoms with Crippen molar-refractivity contribution in [3.05, 3.63) is 29.5 Å². The molecule has 1 aliphatic carbocycles. The molecule has 4 nitrogen and oxygen atoms in total. The van der Waals surface area contributed by atoms with Gasteiger partial charge in [0.25, 0.3) is 0 Å². The van der Waals surface area contributed by atoms with Crippen LogP contribution < -0.4 is 10.5 Å². The van der Waals surface area contributed by atoms with Crippen molar-refractivity contribution in [1.82, 2.24) is 5.16 Å². The van der Waals surface area contributed by atoms with Gasteiger partial charge in [0.05, 0.1) is 12.7 Å². The molecule has 0 atom stereocenters. The largest absolute Gasteiger partial charge is 0.496 e. The molecule has 0 spiro atoms. The number of aryl methyl sites for hydroxylation is 1. The van der Waals surface area contributed by atoms with E-state index < -0.39 is 0 Å². The van der Waals surface area contributed by atoms with Gasteiger partial charge >= 0.3 is 0 Å². The highest BCUT2D eigenvalue weighted by molar-refractivity contribution is 5.76. The molecule has 0 radical (unpaired) electrons. The number of anilines is 1. The van der Waals surface area contributed by atoms with Crippen LogP contribution in [0.25, 0.3) is 11.1 Å². The number of methoxy groups -OCH3 is 1. The molecule has 1 aromatic heterocycles. The molecule has 106 valence electrons. The fourth-order valence-electron chi connectivity index (χ4n) is 2.72. The minimum absolute atomic E-state index is 0.463. The molecule has 0 aliphatic heterocycles. The Kier molecular flexibility index (Phi) is 3.38. The maximum atomic E-state index is 5.99. The summed E-state index contributed by atoms with van der Waals surface area (Å²) in [5, 5.41) is 3.94. The van der Waals surface area contributed by atoms with E-state index in [4.69, 9.17) is 15.0 Å². The fraction of sp³-hybridized carbons (Fsp3) is 0.438. The molecule has 0 unspecified atom stereocenters. The minimum Gasteiger partial charge on any atom is -0.496 e. The van der Waals surface area contributed by atoms with E-state index in [9.17, 15) is 0 Å². The average Bonchev–Trinajstić information content (AvgIpc) is 2.76. The van der Waals surface area contributed by atoms with Crippen LogP contribution in [-0.2, 0) is 6.42 Å². The summed E-state index contributed by atoms with van der Waals surface area (Å²) in [4.78, 5) is 0. The van der Waals surface area contributed by atoms with Crippen LogP contribution in [0, 0.1) is 12.8 Å². The molecule has 4 heteroatoms. The smallest absolute Gasteiger partial charge is 0.175 e. The van der Waals surface area contributed by atoms with Gasteiger partial charge in [-0.2, -0.15) is 0 Å². The van der Waals surface area contributed by atoms with Crippen molar-refractivity contribution in [2.45, 2.75) is 32.6 Å². The molecule has 3 rings (SSSR count). The number of nitrogen functional groups attached to an aromatic ring is 1. The summed E-state index contributed by atoms with van der Waals surface area (Å²) >= 11 is 0. The summed E-state index contributed by atoms with van der Waals surface area (Å²) in [5.41, 5.74) is 9.04. The molecule has 1 aromatic carbocycles. The van der Waals surface area contributed by atoms with Gasteiger partial charge in [0.2, 0.25) is 0 Å². The molecule has 0 bridgehead atoms. The molecule has 1 fully saturated rings. The lowest BCUT2D eigenvalue weighted by Gasteiger charge is -2.24. The molecule has 1 aliphatic rings. The third-order valence-electron chi connectivity index (χ3n) is 4.18. The van der Waals surface area contributed by atoms with Crippen molar-refractivity contribution in [1.29, 1.82) is 0 Å². The van der Waals surface area contributed by atoms with E-state index >= 15 is 0 Å². The van der Waals surface area contributed by atoms with E-state index in [1.807, 2.05) is 25.1 Å². The lowest BCUT2D eigenvalue weighted by molar-refractivity contribution is 0.279. The van der Waals surface area contributed by atoms with Gasteiger partial charge in [-0.25, -0.2) is 0 Å². The third-order valence-corrected chi connectivity index (χ3v) is 4.18. The van der Waals surface area contributed by atoms with Gasteiger partial charge in [0, 0.05) is 6.42 Å². The number of nitrogens with zero attached hydrogens (tertiary/aromatic N) is 1. The Hall–Kier alpha value is -1.97. The zero-order valence-electron chi connectivity index (χ0n) is 12.0. The van der Waals surface area contributed by atoms with Crippen LogP contribution in [0.4, 0.5) is 5.82 Å². The Morgan fingerprint density at radius 2 is 2.20 bits per heavy atom. The van der Waals surface area contributed by atoms with Crippen LogP contribution in [0.5, 0.6) is 5.75 Å². The Morgan fingerprint density at radius 1 is 1.40 bits per heavy atom. The van der Waals surface area contributed by atoms with E-state index in [1.165, 1.54) is 19.3 Å². The summed E-state index contributed by atoms with van der Waals surface area (Å²) in [6, 6.07) is 6.08. The first kappa shape index (κ1) is 13.0. The van der Waals surface area contributed by atoms with E-state index in [1.54, 1.807) is 7.11 Å². The second-order valence-electron chi connectivity index (χ2n) is 5.55. The van der Waals surface area contributed by atoms with Crippen LogP contribution in [0.15, 0.2) is 22.7 Å². The molecular formula is C16H20N2O2. The van der Waals surface area contributed by atoms with Crippen molar-refractivity contribution in [2.75, 3.05) is 12.8 Å². The molecule has 20 heavy (non-hydrogen) atoms. The third kappa shape index (κ3) is 2.26. The van der Waals surface area contributed by atoms with E-state index in [0.29, 0.717) is 11.7 Å². The molecule has 2 N–H and O–H groups in total. The van der Waals surface area contributed by atoms with Crippen molar-refractivity contribution in [3.63, 3.8) is 0 Å². The zero-order valence-corrected chi connectivity index (χ0v) is 12.0. The summed E-state index contributed by atoms with van der Waals surface area (Å²) in [5.74, 6) is 2.94. The molecular weight excluding hydrogens is 252 g/mol. The first-order valence-electron chi connectivity index (χ1n) is 7.08. The number of benzene rings is 1. The van der Waals surface area contributed by atoms with Crippen molar-refractivity contribution in [2.24, 2.45) is 5.92 Å². The first-order valence-corrected chi connectivity index (χ1v) is 7.08. The van der Waals surface area contributed by atoms with Crippen LogP contribution >= 0.6 is 0 Å². The van der Waals surface area contributed by atoms with E-state index in [-0.39, 0.29) is 0 Å². The maximum Gasteiger partial charge on any atom is 0.175 e. The number of hydrogen-bond acceptors (Lipinski definition) is 4. The van der Waals surface area contributed by atoms with Gasteiger partial charge in [-0.05, 0) is 30.0 Å². The molecule has 1 saturated carbocycles.